The van der Waals surface area contributed by atoms with Gasteiger partial charge in [-0.3, -0.25) is 9.59 Å². The Bertz CT molecular complexity index is 243. The number of hydrogen-bond acceptors (Lipinski definition) is 4. The minimum absolute atomic E-state index is 0. The summed E-state index contributed by atoms with van der Waals surface area (Å²) in [7, 11) is 0. The standard InChI is InChI=1S/C14H30N4O2.2ClH/c1-13(19)17-11-5-9-15-7-3-4-8-16-10-6-12-18-14(2)20;;/h15-16H,3-12H2,1-2H3,(H,17,19)(H,18,20);2*1H. The molecule has 0 spiro atoms. The zero-order valence-electron chi connectivity index (χ0n) is 13.7. The first-order valence-electron chi connectivity index (χ1n) is 7.53. The van der Waals surface area contributed by atoms with E-state index in [0.717, 1.165) is 65.0 Å². The summed E-state index contributed by atoms with van der Waals surface area (Å²) < 4.78 is 0. The SMILES string of the molecule is CC(=O)NCCCNCCCCNCCCNC(C)=O.Cl.Cl. The Balaban J connectivity index is -0.00000180. The molecule has 0 aromatic heterocycles. The van der Waals surface area contributed by atoms with E-state index in [1.54, 1.807) is 0 Å². The molecule has 22 heavy (non-hydrogen) atoms. The van der Waals surface area contributed by atoms with E-state index < -0.39 is 0 Å². The van der Waals surface area contributed by atoms with Crippen LogP contribution in [0.2, 0.25) is 0 Å². The van der Waals surface area contributed by atoms with Crippen LogP contribution >= 0.6 is 24.8 Å². The van der Waals surface area contributed by atoms with Crippen molar-refractivity contribution in [3.63, 3.8) is 0 Å². The molecule has 8 heteroatoms. The second-order valence-electron chi connectivity index (χ2n) is 4.88. The fourth-order valence-electron chi connectivity index (χ4n) is 1.71. The van der Waals surface area contributed by atoms with Gasteiger partial charge in [0.1, 0.15) is 0 Å². The molecule has 0 aromatic carbocycles. The van der Waals surface area contributed by atoms with Crippen LogP contribution in [0.1, 0.15) is 39.5 Å². The lowest BCUT2D eigenvalue weighted by atomic mass is 10.3. The van der Waals surface area contributed by atoms with Crippen molar-refractivity contribution in [3.8, 4) is 0 Å². The minimum Gasteiger partial charge on any atom is -0.356 e. The number of carbonyl (C=O) groups excluding carboxylic acids is 2. The summed E-state index contributed by atoms with van der Waals surface area (Å²) in [4.78, 5) is 21.2. The molecule has 0 saturated heterocycles. The molecular weight excluding hydrogens is 327 g/mol. The van der Waals surface area contributed by atoms with Crippen LogP contribution in [0.15, 0.2) is 0 Å². The molecule has 2 amide bonds. The topological polar surface area (TPSA) is 82.3 Å². The number of nitrogens with one attached hydrogen (secondary N) is 4. The first-order valence-corrected chi connectivity index (χ1v) is 7.53. The van der Waals surface area contributed by atoms with Gasteiger partial charge in [0.15, 0.2) is 0 Å². The number of carbonyl (C=O) groups is 2. The van der Waals surface area contributed by atoms with Crippen molar-refractivity contribution < 1.29 is 9.59 Å². The molecule has 0 bridgehead atoms. The quantitative estimate of drug-likeness (QED) is 0.368. The molecule has 0 aliphatic rings. The van der Waals surface area contributed by atoms with E-state index in [1.807, 2.05) is 0 Å². The predicted molar refractivity (Wildman–Crippen MR) is 96.1 cm³/mol. The van der Waals surface area contributed by atoms with Crippen molar-refractivity contribution >= 4 is 36.6 Å². The molecule has 4 N–H and O–H groups in total. The molecule has 134 valence electrons. The average Bonchev–Trinajstić information content (AvgIpc) is 2.38. The molecule has 6 nitrogen and oxygen atoms in total. The van der Waals surface area contributed by atoms with Crippen LogP contribution < -0.4 is 21.3 Å². The van der Waals surface area contributed by atoms with E-state index in [9.17, 15) is 9.59 Å². The van der Waals surface area contributed by atoms with Gasteiger partial charge in [-0.15, -0.1) is 24.8 Å². The van der Waals surface area contributed by atoms with Gasteiger partial charge in [0.25, 0.3) is 0 Å². The molecule has 0 aliphatic heterocycles. The highest BCUT2D eigenvalue weighted by atomic mass is 35.5. The first kappa shape index (κ1) is 26.3. The number of halogens is 2. The average molecular weight is 359 g/mol. The highest BCUT2D eigenvalue weighted by molar-refractivity contribution is 5.85. The van der Waals surface area contributed by atoms with Crippen molar-refractivity contribution in [2.24, 2.45) is 0 Å². The molecule has 0 radical (unpaired) electrons. The monoisotopic (exact) mass is 358 g/mol. The second-order valence-corrected chi connectivity index (χ2v) is 4.88. The van der Waals surface area contributed by atoms with Crippen molar-refractivity contribution in [3.05, 3.63) is 0 Å². The molecule has 0 aliphatic carbocycles. The molecule has 0 saturated carbocycles. The van der Waals surface area contributed by atoms with Crippen molar-refractivity contribution in [2.45, 2.75) is 39.5 Å². The Morgan fingerprint density at radius 2 is 0.909 bits per heavy atom. The number of hydrogen-bond donors (Lipinski definition) is 4. The van der Waals surface area contributed by atoms with Crippen LogP contribution in [0.5, 0.6) is 0 Å². The highest BCUT2D eigenvalue weighted by Gasteiger charge is 1.93. The van der Waals surface area contributed by atoms with Crippen molar-refractivity contribution in [1.82, 2.24) is 21.3 Å². The Hall–Kier alpha value is -0.560. The maximum absolute atomic E-state index is 10.6. The van der Waals surface area contributed by atoms with Gasteiger partial charge in [-0.05, 0) is 51.9 Å². The van der Waals surface area contributed by atoms with Gasteiger partial charge >= 0.3 is 0 Å². The van der Waals surface area contributed by atoms with Gasteiger partial charge in [0, 0.05) is 26.9 Å². The minimum atomic E-state index is 0. The highest BCUT2D eigenvalue weighted by Crippen LogP contribution is 1.85. The molecule has 0 aromatic rings. The third kappa shape index (κ3) is 24.5. The summed E-state index contributed by atoms with van der Waals surface area (Å²) in [5, 5.41) is 12.3. The lowest BCUT2D eigenvalue weighted by Crippen LogP contribution is -2.26. The molecule has 0 rings (SSSR count). The van der Waals surface area contributed by atoms with Gasteiger partial charge in [0.2, 0.25) is 11.8 Å². The van der Waals surface area contributed by atoms with Gasteiger partial charge in [-0.25, -0.2) is 0 Å². The van der Waals surface area contributed by atoms with Crippen LogP contribution in [-0.2, 0) is 9.59 Å². The Morgan fingerprint density at radius 1 is 0.591 bits per heavy atom. The van der Waals surface area contributed by atoms with Crippen molar-refractivity contribution in [2.75, 3.05) is 39.3 Å². The fraction of sp³-hybridized carbons (Fsp3) is 0.857. The summed E-state index contributed by atoms with van der Waals surface area (Å²) in [6.45, 7) is 8.51. The molecule has 0 fully saturated rings. The third-order valence-electron chi connectivity index (χ3n) is 2.77. The summed E-state index contributed by atoms with van der Waals surface area (Å²) >= 11 is 0. The molecule has 0 heterocycles. The summed E-state index contributed by atoms with van der Waals surface area (Å²) in [5.74, 6) is 0.0733. The Morgan fingerprint density at radius 3 is 1.23 bits per heavy atom. The number of rotatable bonds is 13. The Kier molecular flexibility index (Phi) is 24.5. The maximum atomic E-state index is 10.6. The zero-order valence-corrected chi connectivity index (χ0v) is 15.3. The number of amides is 2. The fourth-order valence-corrected chi connectivity index (χ4v) is 1.71. The lowest BCUT2D eigenvalue weighted by molar-refractivity contribution is -0.119. The van der Waals surface area contributed by atoms with E-state index in [-0.39, 0.29) is 36.6 Å². The molecular formula is C14H32Cl2N4O2. The maximum Gasteiger partial charge on any atom is 0.216 e. The van der Waals surface area contributed by atoms with Crippen LogP contribution in [0.3, 0.4) is 0 Å². The lowest BCUT2D eigenvalue weighted by Gasteiger charge is -2.07. The number of unbranched alkanes of at least 4 members (excludes halogenated alkanes) is 1. The van der Waals surface area contributed by atoms with Crippen LogP contribution in [-0.4, -0.2) is 51.1 Å². The van der Waals surface area contributed by atoms with E-state index in [4.69, 9.17) is 0 Å². The largest absolute Gasteiger partial charge is 0.356 e. The Labute approximate surface area is 146 Å². The van der Waals surface area contributed by atoms with E-state index in [0.29, 0.717) is 0 Å². The molecule has 0 atom stereocenters. The van der Waals surface area contributed by atoms with Gasteiger partial charge in [-0.1, -0.05) is 0 Å². The van der Waals surface area contributed by atoms with Gasteiger partial charge in [0.05, 0.1) is 0 Å². The summed E-state index contributed by atoms with van der Waals surface area (Å²) in [5.41, 5.74) is 0. The first-order chi connectivity index (χ1) is 9.63. The van der Waals surface area contributed by atoms with Crippen LogP contribution in [0, 0.1) is 0 Å². The third-order valence-corrected chi connectivity index (χ3v) is 2.77. The zero-order chi connectivity index (χ0) is 15.1. The van der Waals surface area contributed by atoms with Crippen molar-refractivity contribution in [1.29, 1.82) is 0 Å². The van der Waals surface area contributed by atoms with Gasteiger partial charge in [-0.2, -0.15) is 0 Å². The van der Waals surface area contributed by atoms with E-state index >= 15 is 0 Å². The smallest absolute Gasteiger partial charge is 0.216 e. The van der Waals surface area contributed by atoms with E-state index in [2.05, 4.69) is 21.3 Å². The van der Waals surface area contributed by atoms with E-state index in [1.165, 1.54) is 13.8 Å². The summed E-state index contributed by atoms with van der Waals surface area (Å²) in [6, 6.07) is 0. The normalized spacial score (nSPS) is 9.36. The van der Waals surface area contributed by atoms with Crippen LogP contribution in [0.4, 0.5) is 0 Å². The van der Waals surface area contributed by atoms with Crippen LogP contribution in [0.25, 0.3) is 0 Å². The molecule has 0 unspecified atom stereocenters. The van der Waals surface area contributed by atoms with Gasteiger partial charge < -0.3 is 21.3 Å². The predicted octanol–water partition coefficient (Wildman–Crippen LogP) is 0.842. The summed E-state index contributed by atoms with van der Waals surface area (Å²) in [6.07, 6.45) is 4.25. The second kappa shape index (κ2) is 20.4.